The zero-order valence-corrected chi connectivity index (χ0v) is 14.8. The van der Waals surface area contributed by atoms with Crippen molar-refractivity contribution < 1.29 is 14.5 Å². The van der Waals surface area contributed by atoms with Crippen LogP contribution in [0, 0.1) is 10.1 Å². The maximum Gasteiger partial charge on any atom is 0.284 e. The van der Waals surface area contributed by atoms with Gasteiger partial charge < -0.3 is 5.32 Å². The Morgan fingerprint density at radius 1 is 1.26 bits per heavy atom. The maximum absolute atomic E-state index is 11.2. The Labute approximate surface area is 157 Å². The molecule has 1 heterocycles. The van der Waals surface area contributed by atoms with Gasteiger partial charge in [-0.25, -0.2) is 4.98 Å². The van der Waals surface area contributed by atoms with E-state index in [-0.39, 0.29) is 17.2 Å². The first-order valence-corrected chi connectivity index (χ1v) is 8.50. The van der Waals surface area contributed by atoms with Crippen LogP contribution in [-0.4, -0.2) is 32.3 Å². The number of H-pyrrole nitrogens is 1. The highest BCUT2D eigenvalue weighted by atomic mass is 32.2. The number of nitrogens with zero attached hydrogens (tertiary/aromatic N) is 3. The molecule has 0 saturated carbocycles. The number of hydrogen-bond donors (Lipinski definition) is 2. The molecule has 10 heteroatoms. The van der Waals surface area contributed by atoms with Gasteiger partial charge in [0.1, 0.15) is 6.29 Å². The summed E-state index contributed by atoms with van der Waals surface area (Å²) in [5.74, 6) is 0.322. The third-order valence-corrected chi connectivity index (χ3v) is 4.39. The molecule has 1 aromatic heterocycles. The van der Waals surface area contributed by atoms with Gasteiger partial charge in [0.25, 0.3) is 5.69 Å². The number of benzene rings is 2. The van der Waals surface area contributed by atoms with Gasteiger partial charge in [0.2, 0.25) is 11.1 Å². The summed E-state index contributed by atoms with van der Waals surface area (Å²) in [6.45, 7) is 1.43. The zero-order chi connectivity index (χ0) is 19.4. The summed E-state index contributed by atoms with van der Waals surface area (Å²) in [6, 6.07) is 11.2. The molecule has 3 rings (SSSR count). The molecule has 2 N–H and O–H groups in total. The lowest BCUT2D eigenvalue weighted by atomic mass is 10.2. The summed E-state index contributed by atoms with van der Waals surface area (Å²) in [7, 11) is 0. The Hall–Kier alpha value is -3.53. The SMILES string of the molecule is CC(=O)Nc1ccc(-c2nc(Sc3ccc(C=O)cc3[N+](=O)[O-])n[nH]2)cc1. The number of aldehydes is 1. The van der Waals surface area contributed by atoms with Crippen molar-refractivity contribution in [1.29, 1.82) is 0 Å². The Morgan fingerprint density at radius 3 is 2.63 bits per heavy atom. The van der Waals surface area contributed by atoms with Crippen molar-refractivity contribution in [2.24, 2.45) is 0 Å². The van der Waals surface area contributed by atoms with Crippen LogP contribution in [0.4, 0.5) is 11.4 Å². The molecule has 0 aliphatic carbocycles. The standard InChI is InChI=1S/C17H13N5O4S/c1-10(24)18-13-5-3-12(4-6-13)16-19-17(21-20-16)27-15-7-2-11(9-23)8-14(15)22(25)26/h2-9H,1H3,(H,18,24)(H,19,20,21). The third kappa shape index (κ3) is 4.36. The first kappa shape index (κ1) is 18.3. The molecular weight excluding hydrogens is 370 g/mol. The molecule has 136 valence electrons. The van der Waals surface area contributed by atoms with Gasteiger partial charge in [0, 0.05) is 29.8 Å². The summed E-state index contributed by atoms with van der Waals surface area (Å²) in [4.78, 5) is 37.2. The van der Waals surface area contributed by atoms with Gasteiger partial charge in [-0.1, -0.05) is 6.07 Å². The minimum Gasteiger partial charge on any atom is -0.326 e. The minimum absolute atomic E-state index is 0.164. The summed E-state index contributed by atoms with van der Waals surface area (Å²) in [6.07, 6.45) is 0.553. The molecule has 0 atom stereocenters. The molecule has 9 nitrogen and oxygen atoms in total. The van der Waals surface area contributed by atoms with E-state index in [0.717, 1.165) is 17.3 Å². The molecule has 0 aliphatic heterocycles. The van der Waals surface area contributed by atoms with Gasteiger partial charge in [-0.05, 0) is 42.1 Å². The van der Waals surface area contributed by atoms with Crippen LogP contribution >= 0.6 is 11.8 Å². The van der Waals surface area contributed by atoms with E-state index in [2.05, 4.69) is 20.5 Å². The lowest BCUT2D eigenvalue weighted by Crippen LogP contribution is -2.05. The topological polar surface area (TPSA) is 131 Å². The minimum atomic E-state index is -0.552. The van der Waals surface area contributed by atoms with E-state index in [0.29, 0.717) is 27.8 Å². The normalized spacial score (nSPS) is 10.4. The number of anilines is 1. The summed E-state index contributed by atoms with van der Waals surface area (Å²) >= 11 is 1.02. The Balaban J connectivity index is 1.81. The molecule has 0 spiro atoms. The number of hydrogen-bond acceptors (Lipinski definition) is 7. The van der Waals surface area contributed by atoms with E-state index in [1.807, 2.05) is 0 Å². The molecule has 0 fully saturated rings. The van der Waals surface area contributed by atoms with Crippen LogP contribution in [0.2, 0.25) is 0 Å². The van der Waals surface area contributed by atoms with Crippen molar-refractivity contribution in [3.8, 4) is 11.4 Å². The van der Waals surface area contributed by atoms with Crippen LogP contribution < -0.4 is 5.32 Å². The number of aromatic nitrogens is 3. The number of rotatable bonds is 6. The highest BCUT2D eigenvalue weighted by molar-refractivity contribution is 7.99. The van der Waals surface area contributed by atoms with Crippen LogP contribution in [0.3, 0.4) is 0 Å². The second kappa shape index (κ2) is 7.79. The van der Waals surface area contributed by atoms with Crippen LogP contribution in [0.1, 0.15) is 17.3 Å². The first-order chi connectivity index (χ1) is 13.0. The molecule has 1 amide bonds. The number of nitro groups is 1. The molecule has 0 saturated heterocycles. The number of amides is 1. The van der Waals surface area contributed by atoms with Crippen molar-refractivity contribution in [3.63, 3.8) is 0 Å². The lowest BCUT2D eigenvalue weighted by molar-refractivity contribution is -0.387. The van der Waals surface area contributed by atoms with Gasteiger partial charge in [-0.2, -0.15) is 0 Å². The molecule has 2 aromatic carbocycles. The largest absolute Gasteiger partial charge is 0.326 e. The van der Waals surface area contributed by atoms with Gasteiger partial charge in [-0.3, -0.25) is 24.8 Å². The van der Waals surface area contributed by atoms with Crippen molar-refractivity contribution in [2.75, 3.05) is 5.32 Å². The van der Waals surface area contributed by atoms with Gasteiger partial charge in [0.15, 0.2) is 5.82 Å². The average molecular weight is 383 g/mol. The molecule has 0 aliphatic rings. The number of nitrogens with one attached hydrogen (secondary N) is 2. The molecule has 0 bridgehead atoms. The molecule has 0 unspecified atom stereocenters. The quantitative estimate of drug-likeness (QED) is 0.379. The number of carbonyl (C=O) groups is 2. The van der Waals surface area contributed by atoms with Crippen molar-refractivity contribution >= 4 is 35.3 Å². The maximum atomic E-state index is 11.2. The van der Waals surface area contributed by atoms with Crippen LogP contribution in [0.25, 0.3) is 11.4 Å². The van der Waals surface area contributed by atoms with E-state index in [1.165, 1.54) is 25.1 Å². The van der Waals surface area contributed by atoms with Crippen molar-refractivity contribution in [1.82, 2.24) is 15.2 Å². The second-order valence-corrected chi connectivity index (χ2v) is 6.44. The predicted octanol–water partition coefficient (Wildman–Crippen LogP) is 3.30. The number of carbonyl (C=O) groups excluding carboxylic acids is 2. The summed E-state index contributed by atoms with van der Waals surface area (Å²) in [5, 5.41) is 21.0. The van der Waals surface area contributed by atoms with E-state index in [1.54, 1.807) is 24.3 Å². The number of aromatic amines is 1. The first-order valence-electron chi connectivity index (χ1n) is 7.68. The average Bonchev–Trinajstić information content (AvgIpc) is 3.10. The van der Waals surface area contributed by atoms with E-state index in [4.69, 9.17) is 0 Å². The van der Waals surface area contributed by atoms with Crippen LogP contribution in [0.15, 0.2) is 52.5 Å². The molecular formula is C17H13N5O4S. The summed E-state index contributed by atoms with van der Waals surface area (Å²) in [5.41, 5.74) is 1.44. The van der Waals surface area contributed by atoms with Gasteiger partial charge in [-0.15, -0.1) is 5.10 Å². The molecule has 27 heavy (non-hydrogen) atoms. The second-order valence-electron chi connectivity index (χ2n) is 5.43. The Kier molecular flexibility index (Phi) is 5.27. The smallest absolute Gasteiger partial charge is 0.284 e. The molecule has 3 aromatic rings. The monoisotopic (exact) mass is 383 g/mol. The Morgan fingerprint density at radius 2 is 2.00 bits per heavy atom. The fraction of sp³-hybridized carbons (Fsp3) is 0.0588. The van der Waals surface area contributed by atoms with Crippen molar-refractivity contribution in [3.05, 3.63) is 58.1 Å². The van der Waals surface area contributed by atoms with Crippen LogP contribution in [-0.2, 0) is 4.79 Å². The van der Waals surface area contributed by atoms with E-state index >= 15 is 0 Å². The zero-order valence-electron chi connectivity index (χ0n) is 14.0. The molecule has 0 radical (unpaired) electrons. The van der Waals surface area contributed by atoms with Gasteiger partial charge in [0.05, 0.1) is 9.82 Å². The lowest BCUT2D eigenvalue weighted by Gasteiger charge is -2.02. The number of nitro benzene ring substituents is 1. The van der Waals surface area contributed by atoms with Gasteiger partial charge >= 0.3 is 0 Å². The fourth-order valence-electron chi connectivity index (χ4n) is 2.27. The Bertz CT molecular complexity index is 1020. The van der Waals surface area contributed by atoms with E-state index in [9.17, 15) is 19.7 Å². The van der Waals surface area contributed by atoms with Crippen LogP contribution in [0.5, 0.6) is 0 Å². The third-order valence-electron chi connectivity index (χ3n) is 3.46. The highest BCUT2D eigenvalue weighted by Gasteiger charge is 2.18. The predicted molar refractivity (Wildman–Crippen MR) is 98.7 cm³/mol. The highest BCUT2D eigenvalue weighted by Crippen LogP contribution is 2.34. The van der Waals surface area contributed by atoms with Crippen molar-refractivity contribution in [2.45, 2.75) is 17.0 Å². The fourth-order valence-corrected chi connectivity index (χ4v) is 3.07. The summed E-state index contributed by atoms with van der Waals surface area (Å²) < 4.78 is 0. The van der Waals surface area contributed by atoms with E-state index < -0.39 is 4.92 Å².